The highest BCUT2D eigenvalue weighted by Crippen LogP contribution is 2.32. The molecule has 9 heteroatoms. The van der Waals surface area contributed by atoms with E-state index in [1.165, 1.54) is 18.2 Å². The average Bonchev–Trinajstić information content (AvgIpc) is 2.77. The second-order valence-corrected chi connectivity index (χ2v) is 9.51. The van der Waals surface area contributed by atoms with E-state index in [1.54, 1.807) is 13.0 Å². The second kappa shape index (κ2) is 7.26. The normalized spacial score (nSPS) is 18.6. The first-order chi connectivity index (χ1) is 12.6. The van der Waals surface area contributed by atoms with Gasteiger partial charge in [0.15, 0.2) is 0 Å². The molecule has 142 valence electrons. The Kier molecular flexibility index (Phi) is 5.33. The molecule has 2 amide bonds. The van der Waals surface area contributed by atoms with Gasteiger partial charge >= 0.3 is 0 Å². The number of hydrogen-bond donors (Lipinski definition) is 1. The van der Waals surface area contributed by atoms with Crippen LogP contribution in [0.1, 0.15) is 22.8 Å². The van der Waals surface area contributed by atoms with Crippen LogP contribution in [0.15, 0.2) is 40.9 Å². The summed E-state index contributed by atoms with van der Waals surface area (Å²) in [6.07, 6.45) is 0. The van der Waals surface area contributed by atoms with Gasteiger partial charge in [-0.1, -0.05) is 24.6 Å². The molecule has 0 bridgehead atoms. The maximum Gasteiger partial charge on any atom is 0.257 e. The van der Waals surface area contributed by atoms with Crippen LogP contribution < -0.4 is 9.62 Å². The molecular weight excluding hydrogens is 456 g/mol. The van der Waals surface area contributed by atoms with Crippen molar-refractivity contribution < 1.29 is 18.0 Å². The molecule has 2 aromatic rings. The molecule has 1 saturated heterocycles. The molecule has 1 aliphatic rings. The molecule has 0 saturated carbocycles. The van der Waals surface area contributed by atoms with Crippen molar-refractivity contribution in [2.45, 2.75) is 13.8 Å². The van der Waals surface area contributed by atoms with Crippen LogP contribution in [0.5, 0.6) is 0 Å². The fourth-order valence-corrected chi connectivity index (χ4v) is 5.48. The van der Waals surface area contributed by atoms with Crippen LogP contribution in [-0.4, -0.2) is 26.0 Å². The minimum Gasteiger partial charge on any atom is -0.321 e. The predicted molar refractivity (Wildman–Crippen MR) is 109 cm³/mol. The van der Waals surface area contributed by atoms with Gasteiger partial charge in [0.05, 0.1) is 33.6 Å². The molecule has 6 nitrogen and oxygen atoms in total. The summed E-state index contributed by atoms with van der Waals surface area (Å²) in [7, 11) is -3.73. The van der Waals surface area contributed by atoms with E-state index in [-0.39, 0.29) is 22.0 Å². The van der Waals surface area contributed by atoms with Gasteiger partial charge < -0.3 is 5.32 Å². The molecule has 0 aromatic heterocycles. The van der Waals surface area contributed by atoms with Gasteiger partial charge in [-0.25, -0.2) is 12.7 Å². The first-order valence-electron chi connectivity index (χ1n) is 8.04. The summed E-state index contributed by atoms with van der Waals surface area (Å²) in [6, 6.07) is 9.60. The Morgan fingerprint density at radius 2 is 1.96 bits per heavy atom. The maximum absolute atomic E-state index is 12.5. The van der Waals surface area contributed by atoms with E-state index in [0.717, 1.165) is 14.3 Å². The van der Waals surface area contributed by atoms with Crippen LogP contribution in [0.2, 0.25) is 5.02 Å². The van der Waals surface area contributed by atoms with Crippen molar-refractivity contribution in [1.29, 1.82) is 0 Å². The first kappa shape index (κ1) is 19.9. The highest BCUT2D eigenvalue weighted by molar-refractivity contribution is 9.10. The fraction of sp³-hybridized carbons (Fsp3) is 0.222. The van der Waals surface area contributed by atoms with Crippen molar-refractivity contribution in [3.63, 3.8) is 0 Å². The lowest BCUT2D eigenvalue weighted by Crippen LogP contribution is -2.30. The van der Waals surface area contributed by atoms with E-state index in [1.807, 2.05) is 19.1 Å². The fourth-order valence-electron chi connectivity index (χ4n) is 2.81. The Labute approximate surface area is 170 Å². The lowest BCUT2D eigenvalue weighted by molar-refractivity contribution is -0.119. The molecule has 1 N–H and O–H groups in total. The van der Waals surface area contributed by atoms with E-state index in [4.69, 9.17) is 11.6 Å². The van der Waals surface area contributed by atoms with Crippen LogP contribution >= 0.6 is 27.5 Å². The number of nitrogens with one attached hydrogen (secondary N) is 1. The molecule has 1 unspecified atom stereocenters. The van der Waals surface area contributed by atoms with Crippen LogP contribution in [0.25, 0.3) is 0 Å². The maximum atomic E-state index is 12.5. The lowest BCUT2D eigenvalue weighted by Gasteiger charge is -2.16. The number of aryl methyl sites for hydroxylation is 1. The molecule has 1 heterocycles. The third-order valence-electron chi connectivity index (χ3n) is 4.17. The Morgan fingerprint density at radius 1 is 1.26 bits per heavy atom. The van der Waals surface area contributed by atoms with E-state index in [9.17, 15) is 18.0 Å². The Bertz CT molecular complexity index is 1060. The van der Waals surface area contributed by atoms with Crippen LogP contribution in [-0.2, 0) is 14.8 Å². The molecule has 1 fully saturated rings. The quantitative estimate of drug-likeness (QED) is 0.734. The van der Waals surface area contributed by atoms with Crippen molar-refractivity contribution in [2.24, 2.45) is 5.92 Å². The molecule has 2 aromatic carbocycles. The number of nitrogens with zero attached hydrogens (tertiary/aromatic N) is 1. The number of carbonyl (C=O) groups is 2. The summed E-state index contributed by atoms with van der Waals surface area (Å²) in [5, 5.41) is 2.80. The summed E-state index contributed by atoms with van der Waals surface area (Å²) in [6.45, 7) is 3.49. The summed E-state index contributed by atoms with van der Waals surface area (Å²) < 4.78 is 25.9. The highest BCUT2D eigenvalue weighted by Gasteiger charge is 2.42. The van der Waals surface area contributed by atoms with Gasteiger partial charge in [0.25, 0.3) is 5.91 Å². The predicted octanol–water partition coefficient (Wildman–Crippen LogP) is 3.98. The van der Waals surface area contributed by atoms with Gasteiger partial charge in [0, 0.05) is 4.47 Å². The number of hydrogen-bond acceptors (Lipinski definition) is 4. The van der Waals surface area contributed by atoms with Crippen LogP contribution in [0, 0.1) is 12.8 Å². The number of carbonyl (C=O) groups excluding carboxylic acids is 2. The second-order valence-electron chi connectivity index (χ2n) is 6.38. The molecular formula is C18H16BrClN2O4S. The zero-order valence-electron chi connectivity index (χ0n) is 14.5. The smallest absolute Gasteiger partial charge is 0.257 e. The number of halogens is 2. The standard InChI is InChI=1S/C18H16BrClN2O4S/c1-10-3-6-16(14(19)7-10)21-17(23)13-5-4-12(8-15(13)20)22-18(24)11(2)9-27(22,25)26/h3-8,11H,9H2,1-2H3,(H,21,23). The van der Waals surface area contributed by atoms with Gasteiger partial charge in [-0.15, -0.1) is 0 Å². The Hall–Kier alpha value is -1.90. The number of rotatable bonds is 3. The van der Waals surface area contributed by atoms with Crippen LogP contribution in [0.4, 0.5) is 11.4 Å². The van der Waals surface area contributed by atoms with Gasteiger partial charge in [-0.05, 0) is 58.7 Å². The van der Waals surface area contributed by atoms with Gasteiger partial charge in [-0.3, -0.25) is 9.59 Å². The molecule has 1 aliphatic heterocycles. The number of sulfonamides is 1. The SMILES string of the molecule is Cc1ccc(NC(=O)c2ccc(N3C(=O)C(C)CS3(=O)=O)cc2Cl)c(Br)c1. The zero-order valence-corrected chi connectivity index (χ0v) is 17.7. The third-order valence-corrected chi connectivity index (χ3v) is 7.00. The summed E-state index contributed by atoms with van der Waals surface area (Å²) in [5.41, 5.74) is 1.91. The minimum absolute atomic E-state index is 0.0517. The average molecular weight is 472 g/mol. The zero-order chi connectivity index (χ0) is 19.9. The number of benzene rings is 2. The van der Waals surface area contributed by atoms with Gasteiger partial charge in [0.1, 0.15) is 0 Å². The van der Waals surface area contributed by atoms with Crippen molar-refractivity contribution in [1.82, 2.24) is 0 Å². The molecule has 27 heavy (non-hydrogen) atoms. The monoisotopic (exact) mass is 470 g/mol. The topological polar surface area (TPSA) is 83.6 Å². The lowest BCUT2D eigenvalue weighted by atomic mass is 10.1. The van der Waals surface area contributed by atoms with Gasteiger partial charge in [0.2, 0.25) is 15.9 Å². The van der Waals surface area contributed by atoms with E-state index in [0.29, 0.717) is 5.69 Å². The largest absolute Gasteiger partial charge is 0.321 e. The van der Waals surface area contributed by atoms with Crippen molar-refractivity contribution in [3.05, 3.63) is 57.0 Å². The third kappa shape index (κ3) is 3.88. The van der Waals surface area contributed by atoms with E-state index < -0.39 is 27.8 Å². The van der Waals surface area contributed by atoms with Crippen LogP contribution in [0.3, 0.4) is 0 Å². The van der Waals surface area contributed by atoms with E-state index in [2.05, 4.69) is 21.2 Å². The summed E-state index contributed by atoms with van der Waals surface area (Å²) in [4.78, 5) is 24.7. The van der Waals surface area contributed by atoms with Crippen molar-refractivity contribution in [3.8, 4) is 0 Å². The highest BCUT2D eigenvalue weighted by atomic mass is 79.9. The van der Waals surface area contributed by atoms with Crippen molar-refractivity contribution >= 4 is 60.7 Å². The molecule has 1 atom stereocenters. The molecule has 3 rings (SSSR count). The Morgan fingerprint density at radius 3 is 2.52 bits per heavy atom. The first-order valence-corrected chi connectivity index (χ1v) is 10.8. The minimum atomic E-state index is -3.73. The van der Waals surface area contributed by atoms with Gasteiger partial charge in [-0.2, -0.15) is 0 Å². The van der Waals surface area contributed by atoms with Crippen molar-refractivity contribution in [2.75, 3.05) is 15.4 Å². The summed E-state index contributed by atoms with van der Waals surface area (Å²) >= 11 is 9.59. The summed E-state index contributed by atoms with van der Waals surface area (Å²) in [5.74, 6) is -1.81. The molecule has 0 aliphatic carbocycles. The Balaban J connectivity index is 1.89. The molecule has 0 spiro atoms. The molecule has 0 radical (unpaired) electrons. The van der Waals surface area contributed by atoms with E-state index >= 15 is 0 Å². The number of anilines is 2. The number of amides is 2.